The average molecular weight is 276 g/mol. The summed E-state index contributed by atoms with van der Waals surface area (Å²) in [7, 11) is -1.56. The van der Waals surface area contributed by atoms with E-state index in [0.717, 1.165) is 5.57 Å². The van der Waals surface area contributed by atoms with Crippen LogP contribution in [0.3, 0.4) is 0 Å². The van der Waals surface area contributed by atoms with E-state index in [9.17, 15) is 0 Å². The highest BCUT2D eigenvalue weighted by Gasteiger charge is 2.18. The van der Waals surface area contributed by atoms with Gasteiger partial charge in [-0.1, -0.05) is 0 Å². The molecule has 0 aliphatic carbocycles. The minimum atomic E-state index is -1.56. The highest BCUT2D eigenvalue weighted by molar-refractivity contribution is 6.69. The molecule has 0 heterocycles. The van der Waals surface area contributed by atoms with Crippen LogP contribution in [0.15, 0.2) is 11.8 Å². The second-order valence-corrected chi connectivity index (χ2v) is 9.50. The van der Waals surface area contributed by atoms with Crippen LogP contribution >= 0.6 is 0 Å². The van der Waals surface area contributed by atoms with E-state index in [1.807, 2.05) is 27.7 Å². The van der Waals surface area contributed by atoms with E-state index >= 15 is 0 Å². The molecule has 0 aliphatic rings. The molecule has 5 heteroatoms. The zero-order chi connectivity index (χ0) is 14.2. The highest BCUT2D eigenvalue weighted by Crippen LogP contribution is 2.14. The minimum Gasteiger partial charge on any atom is -0.550 e. The van der Waals surface area contributed by atoms with Crippen LogP contribution in [0.1, 0.15) is 27.7 Å². The van der Waals surface area contributed by atoms with Crippen LogP contribution in [0.4, 0.5) is 0 Å². The maximum Gasteiger partial charge on any atom is 0.241 e. The molecular weight excluding hydrogens is 248 g/mol. The van der Waals surface area contributed by atoms with E-state index in [4.69, 9.17) is 18.6 Å². The third kappa shape index (κ3) is 8.69. The van der Waals surface area contributed by atoms with Gasteiger partial charge in [0.05, 0.1) is 6.26 Å². The molecule has 0 saturated carbocycles. The molecule has 0 N–H and O–H groups in total. The fourth-order valence-corrected chi connectivity index (χ4v) is 1.74. The Morgan fingerprint density at radius 2 is 1.67 bits per heavy atom. The fraction of sp³-hybridized carbons (Fsp3) is 0.846. The van der Waals surface area contributed by atoms with Crippen molar-refractivity contribution in [2.45, 2.75) is 59.9 Å². The zero-order valence-electron chi connectivity index (χ0n) is 12.8. The summed E-state index contributed by atoms with van der Waals surface area (Å²) in [6.45, 7) is 15.3. The van der Waals surface area contributed by atoms with Crippen molar-refractivity contribution in [3.05, 3.63) is 11.8 Å². The first kappa shape index (κ1) is 17.6. The molecule has 108 valence electrons. The van der Waals surface area contributed by atoms with Gasteiger partial charge in [-0.3, -0.25) is 0 Å². The Morgan fingerprint density at radius 3 is 2.11 bits per heavy atom. The maximum absolute atomic E-state index is 5.74. The van der Waals surface area contributed by atoms with Crippen LogP contribution in [0.2, 0.25) is 19.6 Å². The van der Waals surface area contributed by atoms with Crippen molar-refractivity contribution in [2.75, 3.05) is 13.2 Å². The molecule has 0 aromatic rings. The topological polar surface area (TPSA) is 36.9 Å². The lowest BCUT2D eigenvalue weighted by Crippen LogP contribution is -2.27. The molecule has 2 atom stereocenters. The smallest absolute Gasteiger partial charge is 0.241 e. The predicted octanol–water partition coefficient (Wildman–Crippen LogP) is 3.50. The van der Waals surface area contributed by atoms with Crippen molar-refractivity contribution in [2.24, 2.45) is 0 Å². The van der Waals surface area contributed by atoms with Gasteiger partial charge < -0.3 is 18.6 Å². The van der Waals surface area contributed by atoms with E-state index in [2.05, 4.69) is 19.6 Å². The highest BCUT2D eigenvalue weighted by atomic mass is 28.4. The quantitative estimate of drug-likeness (QED) is 0.367. The van der Waals surface area contributed by atoms with Gasteiger partial charge in [0.1, 0.15) is 0 Å². The van der Waals surface area contributed by atoms with Crippen molar-refractivity contribution in [1.29, 1.82) is 0 Å². The summed E-state index contributed by atoms with van der Waals surface area (Å²) < 4.78 is 22.3. The van der Waals surface area contributed by atoms with Gasteiger partial charge in [0.25, 0.3) is 0 Å². The Kier molecular flexibility index (Phi) is 8.51. The molecule has 4 nitrogen and oxygen atoms in total. The third-order valence-corrected chi connectivity index (χ3v) is 2.83. The van der Waals surface area contributed by atoms with Gasteiger partial charge >= 0.3 is 0 Å². The van der Waals surface area contributed by atoms with Crippen molar-refractivity contribution < 1.29 is 18.6 Å². The van der Waals surface area contributed by atoms with E-state index in [0.29, 0.717) is 13.2 Å². The molecule has 0 fully saturated rings. The largest absolute Gasteiger partial charge is 0.550 e. The summed E-state index contributed by atoms with van der Waals surface area (Å²) in [4.78, 5) is 0. The molecule has 0 aromatic heterocycles. The van der Waals surface area contributed by atoms with Gasteiger partial charge in [-0.2, -0.15) is 0 Å². The first-order chi connectivity index (χ1) is 8.30. The Labute approximate surface area is 112 Å². The average Bonchev–Trinajstić information content (AvgIpc) is 2.24. The Morgan fingerprint density at radius 1 is 1.11 bits per heavy atom. The van der Waals surface area contributed by atoms with Crippen LogP contribution < -0.4 is 0 Å². The van der Waals surface area contributed by atoms with Gasteiger partial charge in [0, 0.05) is 18.8 Å². The number of hydrogen-bond acceptors (Lipinski definition) is 4. The maximum atomic E-state index is 5.74. The van der Waals surface area contributed by atoms with Gasteiger partial charge in [-0.25, -0.2) is 0 Å². The summed E-state index contributed by atoms with van der Waals surface area (Å²) in [6.07, 6.45) is 1.06. The molecule has 0 radical (unpaired) electrons. The van der Waals surface area contributed by atoms with E-state index in [-0.39, 0.29) is 6.29 Å². The van der Waals surface area contributed by atoms with Gasteiger partial charge in [0.2, 0.25) is 8.32 Å². The van der Waals surface area contributed by atoms with Crippen molar-refractivity contribution in [1.82, 2.24) is 0 Å². The van der Waals surface area contributed by atoms with Gasteiger partial charge in [-0.05, 0) is 47.3 Å². The number of rotatable bonds is 9. The lowest BCUT2D eigenvalue weighted by Gasteiger charge is -2.24. The van der Waals surface area contributed by atoms with E-state index < -0.39 is 14.6 Å². The summed E-state index contributed by atoms with van der Waals surface area (Å²) in [5.74, 6) is 0. The SMILES string of the molecule is CCOC(C)OC(OCC)C(C)=CO[Si](C)(C)C. The van der Waals surface area contributed by atoms with Crippen molar-refractivity contribution in [3.8, 4) is 0 Å². The van der Waals surface area contributed by atoms with Crippen LogP contribution in [0.5, 0.6) is 0 Å². The van der Waals surface area contributed by atoms with Gasteiger partial charge in [0.15, 0.2) is 12.6 Å². The zero-order valence-corrected chi connectivity index (χ0v) is 13.8. The summed E-state index contributed by atoms with van der Waals surface area (Å²) in [5, 5.41) is 0. The molecule has 0 saturated heterocycles. The molecule has 0 amide bonds. The summed E-state index contributed by atoms with van der Waals surface area (Å²) >= 11 is 0. The Hall–Kier alpha value is -0.363. The second kappa shape index (κ2) is 8.69. The molecule has 0 aromatic carbocycles. The van der Waals surface area contributed by atoms with Crippen LogP contribution in [0, 0.1) is 0 Å². The Bertz CT molecular complexity index is 248. The number of hydrogen-bond donors (Lipinski definition) is 0. The van der Waals surface area contributed by atoms with Crippen LogP contribution in [-0.2, 0) is 18.6 Å². The first-order valence-electron chi connectivity index (χ1n) is 6.53. The molecule has 2 unspecified atom stereocenters. The summed E-state index contributed by atoms with van der Waals surface area (Å²) in [5.41, 5.74) is 0.922. The second-order valence-electron chi connectivity index (χ2n) is 5.04. The normalized spacial score (nSPS) is 16.5. The lowest BCUT2D eigenvalue weighted by atomic mass is 10.3. The van der Waals surface area contributed by atoms with E-state index in [1.54, 1.807) is 6.26 Å². The number of ether oxygens (including phenoxy) is 3. The fourth-order valence-electron chi connectivity index (χ4n) is 1.20. The third-order valence-electron chi connectivity index (χ3n) is 2.00. The first-order valence-corrected chi connectivity index (χ1v) is 9.94. The predicted molar refractivity (Wildman–Crippen MR) is 75.8 cm³/mol. The van der Waals surface area contributed by atoms with Crippen LogP contribution in [-0.4, -0.2) is 34.1 Å². The van der Waals surface area contributed by atoms with Crippen molar-refractivity contribution >= 4 is 8.32 Å². The minimum absolute atomic E-state index is 0.290. The van der Waals surface area contributed by atoms with Crippen LogP contribution in [0.25, 0.3) is 0 Å². The molecule has 18 heavy (non-hydrogen) atoms. The molecule has 0 rings (SSSR count). The molecule has 0 aliphatic heterocycles. The van der Waals surface area contributed by atoms with Gasteiger partial charge in [-0.15, -0.1) is 0 Å². The van der Waals surface area contributed by atoms with E-state index in [1.165, 1.54) is 0 Å². The molecule has 0 spiro atoms. The lowest BCUT2D eigenvalue weighted by molar-refractivity contribution is -0.221. The standard InChI is InChI=1S/C13H28O4Si/c1-8-14-12(4)17-13(15-9-2)11(3)10-16-18(5,6)7/h10,12-13H,8-9H2,1-7H3. The summed E-state index contributed by atoms with van der Waals surface area (Å²) in [6, 6.07) is 0. The molecule has 0 bridgehead atoms. The van der Waals surface area contributed by atoms with Crippen molar-refractivity contribution in [3.63, 3.8) is 0 Å². The molecular formula is C13H28O4Si. The monoisotopic (exact) mass is 276 g/mol. The Balaban J connectivity index is 4.47.